The van der Waals surface area contributed by atoms with E-state index in [1.165, 1.54) is 20.3 Å². The molecule has 5 amide bonds. The molecule has 4 rings (SSSR count). The van der Waals surface area contributed by atoms with Gasteiger partial charge in [0.15, 0.2) is 6.10 Å². The van der Waals surface area contributed by atoms with Gasteiger partial charge >= 0.3 is 12.1 Å². The van der Waals surface area contributed by atoms with E-state index in [1.54, 1.807) is 39.0 Å². The molecule has 1 aliphatic carbocycles. The Kier molecular flexibility index (Phi) is 18.9. The molecule has 0 saturated carbocycles. The number of fused-ring (bicyclic) bond motifs is 3. The summed E-state index contributed by atoms with van der Waals surface area (Å²) in [7, 11) is 2.92. The number of Topliss-reactive ketones (excluding diaryl/α,β-unsaturated/α-hetero) is 1. The van der Waals surface area contributed by atoms with Crippen molar-refractivity contribution >= 4 is 47.3 Å². The van der Waals surface area contributed by atoms with Gasteiger partial charge in [0.05, 0.1) is 35.7 Å². The Morgan fingerprint density at radius 1 is 1.00 bits per heavy atom. The second-order valence-corrected chi connectivity index (χ2v) is 17.4. The zero-order valence-electron chi connectivity index (χ0n) is 35.7. The smallest absolute Gasteiger partial charge is 0.405 e. The maximum Gasteiger partial charge on any atom is 0.405 e. The molecule has 9 atom stereocenters. The van der Waals surface area contributed by atoms with E-state index >= 15 is 0 Å². The number of carbonyl (C=O) groups excluding carboxylic acids is 6. The summed E-state index contributed by atoms with van der Waals surface area (Å²) in [5.41, 5.74) is 6.46. The Labute approximate surface area is 357 Å². The molecular formula is C43H64N6O10S. The Balaban J connectivity index is 1.37. The first-order valence-electron chi connectivity index (χ1n) is 20.9. The highest BCUT2D eigenvalue weighted by Crippen LogP contribution is 2.33. The van der Waals surface area contributed by atoms with E-state index in [2.05, 4.69) is 26.6 Å². The molecule has 0 aromatic carbocycles. The maximum absolute atomic E-state index is 14.0. The Bertz CT molecular complexity index is 1740. The van der Waals surface area contributed by atoms with Gasteiger partial charge in [-0.2, -0.15) is 11.8 Å². The zero-order chi connectivity index (χ0) is 43.9. The van der Waals surface area contributed by atoms with E-state index in [-0.39, 0.29) is 58.9 Å². The molecule has 3 aliphatic heterocycles. The van der Waals surface area contributed by atoms with Crippen molar-refractivity contribution in [3.05, 3.63) is 58.5 Å². The van der Waals surface area contributed by atoms with Crippen LogP contribution in [-0.4, -0.2) is 115 Å². The third-order valence-electron chi connectivity index (χ3n) is 11.4. The number of thioether (sulfide) groups is 1. The van der Waals surface area contributed by atoms with Crippen molar-refractivity contribution in [3.63, 3.8) is 0 Å². The molecule has 60 heavy (non-hydrogen) atoms. The summed E-state index contributed by atoms with van der Waals surface area (Å²) in [6.45, 7) is 7.93. The van der Waals surface area contributed by atoms with E-state index in [9.17, 15) is 33.9 Å². The van der Waals surface area contributed by atoms with Crippen molar-refractivity contribution in [1.82, 2.24) is 26.6 Å². The first-order chi connectivity index (χ1) is 28.6. The highest BCUT2D eigenvalue weighted by Gasteiger charge is 2.42. The van der Waals surface area contributed by atoms with Crippen LogP contribution in [0.25, 0.3) is 0 Å². The van der Waals surface area contributed by atoms with E-state index in [0.29, 0.717) is 43.2 Å². The van der Waals surface area contributed by atoms with Crippen LogP contribution in [0.4, 0.5) is 9.59 Å². The van der Waals surface area contributed by atoms with Gasteiger partial charge in [-0.3, -0.25) is 19.2 Å². The van der Waals surface area contributed by atoms with Crippen molar-refractivity contribution in [2.75, 3.05) is 33.1 Å². The van der Waals surface area contributed by atoms with E-state index in [4.69, 9.17) is 19.9 Å². The average Bonchev–Trinajstić information content (AvgIpc) is 3.76. The van der Waals surface area contributed by atoms with Gasteiger partial charge in [-0.05, 0) is 70.3 Å². The van der Waals surface area contributed by atoms with Gasteiger partial charge in [-0.25, -0.2) is 9.59 Å². The Morgan fingerprint density at radius 3 is 2.47 bits per heavy atom. The van der Waals surface area contributed by atoms with Gasteiger partial charge in [-0.15, -0.1) is 0 Å². The number of hydrogen-bond donors (Lipinski definition) is 7. The van der Waals surface area contributed by atoms with Crippen LogP contribution in [0.1, 0.15) is 85.5 Å². The molecule has 2 bridgehead atoms. The first kappa shape index (κ1) is 48.2. The summed E-state index contributed by atoms with van der Waals surface area (Å²) in [6.07, 6.45) is 8.94. The van der Waals surface area contributed by atoms with Gasteiger partial charge < -0.3 is 51.6 Å². The minimum Gasteiger partial charge on any atom is -0.439 e. The molecule has 17 heteroatoms. The normalized spacial score (nSPS) is 31.4. The van der Waals surface area contributed by atoms with Crippen LogP contribution in [0, 0.1) is 11.8 Å². The molecule has 3 heterocycles. The summed E-state index contributed by atoms with van der Waals surface area (Å²) in [4.78, 5) is 76.8. The van der Waals surface area contributed by atoms with Crippen molar-refractivity contribution in [3.8, 4) is 0 Å². The molecule has 4 aliphatic rings. The monoisotopic (exact) mass is 856 g/mol. The minimum atomic E-state index is -1.01. The van der Waals surface area contributed by atoms with Crippen LogP contribution < -0.4 is 32.3 Å². The first-order valence-corrected chi connectivity index (χ1v) is 22.0. The lowest BCUT2D eigenvalue weighted by Crippen LogP contribution is -2.38. The number of methoxy groups -OCH3 is 2. The van der Waals surface area contributed by atoms with E-state index < -0.39 is 53.9 Å². The molecule has 2 fully saturated rings. The van der Waals surface area contributed by atoms with Gasteiger partial charge in [0.2, 0.25) is 17.5 Å². The van der Waals surface area contributed by atoms with Gasteiger partial charge in [0, 0.05) is 67.9 Å². The van der Waals surface area contributed by atoms with E-state index in [1.807, 2.05) is 18.7 Å². The number of rotatable bonds is 15. The predicted molar refractivity (Wildman–Crippen MR) is 228 cm³/mol. The predicted octanol–water partition coefficient (Wildman–Crippen LogP) is 3.36. The number of ketones is 2. The fourth-order valence-corrected chi connectivity index (χ4v) is 9.55. The molecule has 16 nitrogen and oxygen atoms in total. The lowest BCUT2D eigenvalue weighted by atomic mass is 9.85. The Morgan fingerprint density at radius 2 is 1.75 bits per heavy atom. The van der Waals surface area contributed by atoms with Gasteiger partial charge in [-0.1, -0.05) is 44.6 Å². The fraction of sp³-hybridized carbons (Fsp3) is 0.628. The minimum absolute atomic E-state index is 0.0131. The summed E-state index contributed by atoms with van der Waals surface area (Å²) >= 11 is 1.87. The molecule has 2 saturated heterocycles. The fourth-order valence-electron chi connectivity index (χ4n) is 8.01. The molecule has 0 spiro atoms. The summed E-state index contributed by atoms with van der Waals surface area (Å²) in [5.74, 6) is -1.30. The maximum atomic E-state index is 14.0. The standard InChI is InChI=1S/C43H64N6O10S/c1-24-19-28-36(46-18-11-7-10-17-45-35(51)16-9-8-15-34-37-30(23-60-34)48-43(56)49-37)31(50)22-29(39(28)53)47-41(54)25(2)13-12-14-32(57-5)40(59-42(44)55)27(4)21-26(3)38(52)33(20-24)58-6/h12-14,21-22,24,26,30,32-34,37-38,40,46,52H,7-11,15-20,23H2,1-6H3,(H2,44,55)(H,45,51)(H,47,54)(H2,48,49,56)/b14-12-,25-13+,27-21+/t24-,26+,30?,32+,33+,34?,37?,38-,40+/m1/s1. The third kappa shape index (κ3) is 13.8. The largest absolute Gasteiger partial charge is 0.439 e. The number of nitrogens with two attached hydrogens (primary N) is 1. The second kappa shape index (κ2) is 23.5. The van der Waals surface area contributed by atoms with Crippen LogP contribution in [-0.2, 0) is 33.4 Å². The van der Waals surface area contributed by atoms with Crippen molar-refractivity contribution in [2.24, 2.45) is 17.6 Å². The van der Waals surface area contributed by atoms with Crippen molar-refractivity contribution in [2.45, 2.75) is 127 Å². The number of primary amides is 1. The number of nitrogens with one attached hydrogen (secondary N) is 5. The molecule has 0 aromatic rings. The number of ether oxygens (including phenoxy) is 3. The molecule has 0 radical (unpaired) electrons. The molecule has 8 N–H and O–H groups in total. The molecular weight excluding hydrogens is 793 g/mol. The second-order valence-electron chi connectivity index (χ2n) is 16.1. The average molecular weight is 857 g/mol. The van der Waals surface area contributed by atoms with Crippen LogP contribution in [0.2, 0.25) is 0 Å². The summed E-state index contributed by atoms with van der Waals surface area (Å²) in [5, 5.41) is 26.6. The SMILES string of the molecule is CO[C@H]1/C=C\C=C(/C)C(=O)NC2=CC(=O)C(NCCCCCNC(=O)CCCCC3SCC4NC(=O)NC43)=C(C[C@@H](C)C[C@H](OC)[C@H](O)[C@@H](C)/C=C(\C)[C@@H]1OC(N)=O)C2=O. The van der Waals surface area contributed by atoms with Crippen LogP contribution >= 0.6 is 11.8 Å². The van der Waals surface area contributed by atoms with Crippen molar-refractivity contribution in [1.29, 1.82) is 0 Å². The lowest BCUT2D eigenvalue weighted by molar-refractivity contribution is -0.121. The number of unbranched alkanes of at least 4 members (excludes halogenated alkanes) is 3. The number of urea groups is 1. The number of aliphatic hydroxyl groups is 1. The molecule has 332 valence electrons. The zero-order valence-corrected chi connectivity index (χ0v) is 36.5. The van der Waals surface area contributed by atoms with Gasteiger partial charge in [0.1, 0.15) is 6.10 Å². The number of amides is 5. The number of allylic oxidation sites excluding steroid dienone is 4. The van der Waals surface area contributed by atoms with Crippen LogP contribution in [0.3, 0.4) is 0 Å². The Hall–Kier alpha value is -4.45. The number of aliphatic hydroxyl groups excluding tert-OH is 1. The van der Waals surface area contributed by atoms with Gasteiger partial charge in [0.25, 0.3) is 5.91 Å². The topological polar surface area (TPSA) is 237 Å². The summed E-state index contributed by atoms with van der Waals surface area (Å²) < 4.78 is 16.8. The molecule has 0 aromatic heterocycles. The highest BCUT2D eigenvalue weighted by molar-refractivity contribution is 8.00. The van der Waals surface area contributed by atoms with E-state index in [0.717, 1.165) is 43.9 Å². The van der Waals surface area contributed by atoms with Crippen LogP contribution in [0.15, 0.2) is 58.5 Å². The lowest BCUT2D eigenvalue weighted by Gasteiger charge is -2.30. The van der Waals surface area contributed by atoms with Crippen LogP contribution in [0.5, 0.6) is 0 Å². The third-order valence-corrected chi connectivity index (χ3v) is 12.9. The van der Waals surface area contributed by atoms with Crippen molar-refractivity contribution < 1.29 is 48.1 Å². The molecule has 3 unspecified atom stereocenters. The summed E-state index contributed by atoms with van der Waals surface area (Å²) in [6, 6.07) is 0.274. The quantitative estimate of drug-likeness (QED) is 0.0544. The number of hydrogen-bond acceptors (Lipinski definition) is 12. The highest BCUT2D eigenvalue weighted by atomic mass is 32.2. The number of carbonyl (C=O) groups is 6.